The van der Waals surface area contributed by atoms with Gasteiger partial charge >= 0.3 is 0 Å². The highest BCUT2D eigenvalue weighted by Gasteiger charge is 2.51. The molecule has 10 atom stereocenters. The van der Waals surface area contributed by atoms with Gasteiger partial charge in [-0.25, -0.2) is 8.42 Å². The van der Waals surface area contributed by atoms with Gasteiger partial charge in [-0.05, 0) is 6.92 Å². The van der Waals surface area contributed by atoms with E-state index < -0.39 is 84.8 Å². The second kappa shape index (κ2) is 12.4. The van der Waals surface area contributed by atoms with Gasteiger partial charge in [-0.15, -0.1) is 4.33 Å². The molecule has 0 aromatic rings. The Morgan fingerprint density at radius 3 is 2.28 bits per heavy atom. The summed E-state index contributed by atoms with van der Waals surface area (Å²) < 4.78 is 67.2. The van der Waals surface area contributed by atoms with Crippen molar-refractivity contribution in [3.05, 3.63) is 0 Å². The van der Waals surface area contributed by atoms with Gasteiger partial charge in [0.2, 0.25) is 10.4 Å². The molecule has 18 heteroatoms. The van der Waals surface area contributed by atoms with Crippen LogP contribution in [0.3, 0.4) is 0 Å². The van der Waals surface area contributed by atoms with Gasteiger partial charge < -0.3 is 49.2 Å². The second-order valence-corrected chi connectivity index (χ2v) is 8.35. The average Bonchev–Trinajstić information content (AvgIpc) is 2.74. The SMILES string of the molecule is COC1[C@@H](OSOO[O-])C(CO)O[C@@H](O[C@H]2C(COS(=O)(=O)[O-])O[C@@H](C)[C@H](O)C2O)[C@@H]1O. The van der Waals surface area contributed by atoms with Gasteiger partial charge in [-0.3, -0.25) is 13.4 Å². The van der Waals surface area contributed by atoms with E-state index in [1.807, 2.05) is 0 Å². The van der Waals surface area contributed by atoms with E-state index in [9.17, 15) is 38.7 Å². The van der Waals surface area contributed by atoms with Crippen molar-refractivity contribution < 1.29 is 75.3 Å². The topological polar surface area (TPSA) is 235 Å². The van der Waals surface area contributed by atoms with Crippen LogP contribution in [0, 0.1) is 0 Å². The van der Waals surface area contributed by atoms with E-state index in [1.54, 1.807) is 0 Å². The van der Waals surface area contributed by atoms with Crippen LogP contribution in [0.5, 0.6) is 0 Å². The van der Waals surface area contributed by atoms with Gasteiger partial charge in [-0.2, -0.15) is 0 Å². The third-order valence-electron chi connectivity index (χ3n) is 4.86. The number of aliphatic hydroxyl groups excluding tert-OH is 4. The summed E-state index contributed by atoms with van der Waals surface area (Å²) in [6, 6.07) is 0. The lowest BCUT2D eigenvalue weighted by atomic mass is 9.95. The number of methoxy groups -OCH3 is 1. The summed E-state index contributed by atoms with van der Waals surface area (Å²) in [6.07, 6.45) is -13.9. The van der Waals surface area contributed by atoms with Gasteiger partial charge in [-0.1, -0.05) is 0 Å². The fraction of sp³-hybridized carbons (Fsp3) is 1.00. The molecule has 0 saturated carbocycles. The van der Waals surface area contributed by atoms with E-state index >= 15 is 0 Å². The summed E-state index contributed by atoms with van der Waals surface area (Å²) in [7, 11) is -3.92. The highest BCUT2D eigenvalue weighted by Crippen LogP contribution is 2.32. The minimum Gasteiger partial charge on any atom is -0.726 e. The number of rotatable bonds is 11. The first-order valence-electron chi connectivity index (χ1n) is 9.07. The maximum absolute atomic E-state index is 10.8. The number of aliphatic hydroxyl groups is 4. The molecule has 0 aromatic heterocycles. The van der Waals surface area contributed by atoms with Crippen LogP contribution in [0.2, 0.25) is 0 Å². The zero-order valence-electron chi connectivity index (χ0n) is 16.7. The molecule has 0 aromatic carbocycles. The Kier molecular flexibility index (Phi) is 10.9. The normalized spacial score (nSPS) is 41.0. The monoisotopic (exact) mass is 512 g/mol. The molecule has 2 fully saturated rings. The van der Waals surface area contributed by atoms with Crippen molar-refractivity contribution in [3.63, 3.8) is 0 Å². The summed E-state index contributed by atoms with van der Waals surface area (Å²) in [5.74, 6) is 0. The zero-order chi connectivity index (χ0) is 24.1. The van der Waals surface area contributed by atoms with E-state index in [2.05, 4.69) is 13.6 Å². The maximum Gasteiger partial charge on any atom is 0.217 e. The van der Waals surface area contributed by atoms with Crippen LogP contribution < -0.4 is 5.26 Å². The Morgan fingerprint density at radius 1 is 1.03 bits per heavy atom. The molecule has 190 valence electrons. The number of ether oxygens (including phenoxy) is 4. The molecule has 2 aliphatic heterocycles. The molecule has 4 unspecified atom stereocenters. The van der Waals surface area contributed by atoms with E-state index in [0.717, 1.165) is 0 Å². The van der Waals surface area contributed by atoms with E-state index in [4.69, 9.17) is 23.1 Å². The van der Waals surface area contributed by atoms with Crippen molar-refractivity contribution in [2.24, 2.45) is 0 Å². The van der Waals surface area contributed by atoms with Crippen LogP contribution >= 0.6 is 12.3 Å². The minimum absolute atomic E-state index is 0.0933. The Labute approximate surface area is 187 Å². The molecule has 2 aliphatic rings. The first-order valence-corrected chi connectivity index (χ1v) is 11.1. The van der Waals surface area contributed by atoms with E-state index in [-0.39, 0.29) is 12.3 Å². The van der Waals surface area contributed by atoms with Crippen molar-refractivity contribution in [1.82, 2.24) is 0 Å². The molecule has 0 radical (unpaired) electrons. The van der Waals surface area contributed by atoms with Gasteiger partial charge in [0.1, 0.15) is 48.8 Å². The molecular weight excluding hydrogens is 488 g/mol. The van der Waals surface area contributed by atoms with Crippen LogP contribution in [-0.4, -0.2) is 115 Å². The summed E-state index contributed by atoms with van der Waals surface area (Å²) in [4.78, 5) is 0. The molecule has 0 aliphatic carbocycles. The van der Waals surface area contributed by atoms with Crippen molar-refractivity contribution >= 4 is 22.7 Å². The van der Waals surface area contributed by atoms with Crippen molar-refractivity contribution in [1.29, 1.82) is 0 Å². The van der Waals surface area contributed by atoms with Gasteiger partial charge in [0, 0.05) is 7.11 Å². The Hall–Kier alpha value is -0.260. The van der Waals surface area contributed by atoms with Gasteiger partial charge in [0.05, 0.1) is 19.3 Å². The highest BCUT2D eigenvalue weighted by molar-refractivity contribution is 7.89. The molecule has 2 saturated heterocycles. The molecule has 0 spiro atoms. The fourth-order valence-corrected chi connectivity index (χ4v) is 4.03. The van der Waals surface area contributed by atoms with Crippen LogP contribution in [0.15, 0.2) is 0 Å². The van der Waals surface area contributed by atoms with Gasteiger partial charge in [0.25, 0.3) is 0 Å². The van der Waals surface area contributed by atoms with Crippen molar-refractivity contribution in [2.75, 3.05) is 20.3 Å². The molecule has 32 heavy (non-hydrogen) atoms. The fourth-order valence-electron chi connectivity index (χ4n) is 3.35. The van der Waals surface area contributed by atoms with Crippen LogP contribution in [0.1, 0.15) is 6.92 Å². The lowest BCUT2D eigenvalue weighted by molar-refractivity contribution is -0.777. The largest absolute Gasteiger partial charge is 0.726 e. The van der Waals surface area contributed by atoms with E-state index in [0.29, 0.717) is 0 Å². The Balaban J connectivity index is 2.18. The van der Waals surface area contributed by atoms with Crippen molar-refractivity contribution in [2.45, 2.75) is 68.1 Å². The summed E-state index contributed by atoms with van der Waals surface area (Å²) in [5, 5.41) is 53.8. The summed E-state index contributed by atoms with van der Waals surface area (Å²) >= 11 is 0.0933. The lowest BCUT2D eigenvalue weighted by Crippen LogP contribution is -2.64. The lowest BCUT2D eigenvalue weighted by Gasteiger charge is -2.46. The molecule has 16 nitrogen and oxygen atoms in total. The first kappa shape index (κ1) is 28.0. The minimum atomic E-state index is -5.11. The second-order valence-electron chi connectivity index (χ2n) is 6.84. The molecule has 0 amide bonds. The predicted molar refractivity (Wildman–Crippen MR) is 94.1 cm³/mol. The van der Waals surface area contributed by atoms with Crippen LogP contribution in [0.4, 0.5) is 0 Å². The maximum atomic E-state index is 10.8. The Morgan fingerprint density at radius 2 is 1.72 bits per heavy atom. The zero-order valence-corrected chi connectivity index (χ0v) is 18.3. The standard InChI is InChI=1S/C14H26O16S2/c1-5-8(16)9(17)11(7(25-5)4-24-32(20,21)22)27-14-10(18)13(23-2)12(6(3-15)26-14)28-31-30-29-19/h5-19H,3-4H2,1-2H3,(H,20,21,22)/p-2/t5-,6?,7?,8-,9?,10+,11-,12-,13?,14-/m0/s1. The number of hydrogen-bond acceptors (Lipinski definition) is 17. The molecule has 4 N–H and O–H groups in total. The Bertz CT molecular complexity index is 665. The first-order chi connectivity index (χ1) is 15.0. The quantitative estimate of drug-likeness (QED) is 0.0510. The molecular formula is C14H24O16S2-2. The summed E-state index contributed by atoms with van der Waals surface area (Å²) in [6.45, 7) is -0.162. The highest BCUT2D eigenvalue weighted by atomic mass is 32.3. The number of hydrogen-bond donors (Lipinski definition) is 4. The molecule has 2 heterocycles. The smallest absolute Gasteiger partial charge is 0.217 e. The third-order valence-corrected chi connectivity index (χ3v) is 5.70. The molecule has 0 bridgehead atoms. The average molecular weight is 512 g/mol. The van der Waals surface area contributed by atoms with Gasteiger partial charge in [0.15, 0.2) is 18.6 Å². The third kappa shape index (κ3) is 7.12. The van der Waals surface area contributed by atoms with Crippen LogP contribution in [0.25, 0.3) is 0 Å². The van der Waals surface area contributed by atoms with Crippen LogP contribution in [-0.2, 0) is 47.1 Å². The molecule has 2 rings (SSSR count). The van der Waals surface area contributed by atoms with Crippen molar-refractivity contribution in [3.8, 4) is 0 Å². The van der Waals surface area contributed by atoms with E-state index in [1.165, 1.54) is 14.0 Å². The summed E-state index contributed by atoms with van der Waals surface area (Å²) in [5.41, 5.74) is 0. The predicted octanol–water partition coefficient (Wildman–Crippen LogP) is -4.38.